The average molecular weight is 557 g/mol. The molecule has 0 radical (unpaired) electrons. The second-order valence-electron chi connectivity index (χ2n) is 9.57. The molecular formula is C27H28N2O7S2. The van der Waals surface area contributed by atoms with Gasteiger partial charge in [0.25, 0.3) is 0 Å². The van der Waals surface area contributed by atoms with Gasteiger partial charge in [-0.1, -0.05) is 29.5 Å². The molecule has 0 spiro atoms. The Kier molecular flexibility index (Phi) is 7.78. The van der Waals surface area contributed by atoms with Crippen molar-refractivity contribution < 1.29 is 32.6 Å². The lowest BCUT2D eigenvalue weighted by atomic mass is 9.84. The number of anilines is 1. The number of sulfone groups is 1. The van der Waals surface area contributed by atoms with Gasteiger partial charge in [0.05, 0.1) is 27.8 Å². The van der Waals surface area contributed by atoms with Crippen LogP contribution in [0.25, 0.3) is 0 Å². The number of carbonyl (C=O) groups excluding carboxylic acids is 1. The number of nitrogens with one attached hydrogen (secondary N) is 1. The molecule has 1 amide bonds. The molecule has 1 aliphatic heterocycles. The van der Waals surface area contributed by atoms with Crippen LogP contribution in [-0.2, 0) is 19.4 Å². The lowest BCUT2D eigenvalue weighted by molar-refractivity contribution is -0.118. The topological polar surface area (TPSA) is 132 Å². The van der Waals surface area contributed by atoms with Gasteiger partial charge in [0, 0.05) is 13.2 Å². The zero-order valence-corrected chi connectivity index (χ0v) is 22.2. The smallest absolute Gasteiger partial charge is 0.335 e. The van der Waals surface area contributed by atoms with E-state index in [0.717, 1.165) is 29.7 Å². The average Bonchev–Trinajstić information content (AvgIpc) is 3.70. The molecule has 1 saturated heterocycles. The van der Waals surface area contributed by atoms with Crippen LogP contribution in [0.15, 0.2) is 59.6 Å². The molecule has 1 aliphatic carbocycles. The molecule has 2 aliphatic rings. The van der Waals surface area contributed by atoms with Crippen LogP contribution >= 0.6 is 11.3 Å². The van der Waals surface area contributed by atoms with E-state index in [2.05, 4.69) is 10.3 Å². The summed E-state index contributed by atoms with van der Waals surface area (Å²) in [5.41, 5.74) is 0.856. The molecular weight excluding hydrogens is 528 g/mol. The van der Waals surface area contributed by atoms with E-state index in [4.69, 9.17) is 9.47 Å². The van der Waals surface area contributed by atoms with Crippen LogP contribution in [0.3, 0.4) is 0 Å². The number of aromatic carboxylic acids is 1. The summed E-state index contributed by atoms with van der Waals surface area (Å²) in [5.74, 6) is -1.11. The normalized spacial score (nSPS) is 17.1. The predicted molar refractivity (Wildman–Crippen MR) is 142 cm³/mol. The number of amides is 1. The molecule has 0 bridgehead atoms. The maximum absolute atomic E-state index is 13.5. The maximum Gasteiger partial charge on any atom is 0.335 e. The number of carboxylic acids is 1. The second kappa shape index (κ2) is 11.2. The Bertz CT molecular complexity index is 1410. The van der Waals surface area contributed by atoms with Gasteiger partial charge < -0.3 is 19.9 Å². The van der Waals surface area contributed by atoms with E-state index in [1.165, 1.54) is 18.3 Å². The molecule has 0 unspecified atom stereocenters. The van der Waals surface area contributed by atoms with Gasteiger partial charge in [0.2, 0.25) is 11.0 Å². The third kappa shape index (κ3) is 6.23. The van der Waals surface area contributed by atoms with E-state index in [-0.39, 0.29) is 16.7 Å². The first kappa shape index (κ1) is 26.3. The fourth-order valence-corrected chi connectivity index (χ4v) is 6.88. The Labute approximate surface area is 224 Å². The molecule has 1 atom stereocenters. The van der Waals surface area contributed by atoms with E-state index in [1.807, 2.05) is 0 Å². The van der Waals surface area contributed by atoms with Gasteiger partial charge in [-0.15, -0.1) is 0 Å². The van der Waals surface area contributed by atoms with Crippen molar-refractivity contribution in [2.24, 2.45) is 5.92 Å². The lowest BCUT2D eigenvalue weighted by Gasteiger charge is -2.26. The van der Waals surface area contributed by atoms with Crippen LogP contribution < -0.4 is 10.1 Å². The molecule has 38 heavy (non-hydrogen) atoms. The molecule has 3 aromatic rings. The van der Waals surface area contributed by atoms with Crippen molar-refractivity contribution in [1.82, 2.24) is 4.98 Å². The molecule has 11 heteroatoms. The van der Waals surface area contributed by atoms with Gasteiger partial charge in [-0.2, -0.15) is 0 Å². The number of hydrogen-bond donors (Lipinski definition) is 2. The zero-order valence-electron chi connectivity index (χ0n) is 20.5. The fraction of sp³-hybridized carbons (Fsp3) is 0.370. The Morgan fingerprint density at radius 3 is 2.53 bits per heavy atom. The van der Waals surface area contributed by atoms with Crippen LogP contribution in [0.4, 0.5) is 5.13 Å². The van der Waals surface area contributed by atoms with Crippen LogP contribution in [0, 0.1) is 5.92 Å². The molecule has 5 rings (SSSR count). The van der Waals surface area contributed by atoms with E-state index in [0.29, 0.717) is 59.2 Å². The second-order valence-corrected chi connectivity index (χ2v) is 12.8. The summed E-state index contributed by atoms with van der Waals surface area (Å²) in [6.07, 6.45) is 5.21. The van der Waals surface area contributed by atoms with Crippen molar-refractivity contribution >= 4 is 38.2 Å². The zero-order chi connectivity index (χ0) is 26.7. The van der Waals surface area contributed by atoms with Gasteiger partial charge >= 0.3 is 5.97 Å². The van der Waals surface area contributed by atoms with Crippen LogP contribution in [0.2, 0.25) is 0 Å². The van der Waals surface area contributed by atoms with Gasteiger partial charge in [0.1, 0.15) is 5.75 Å². The van der Waals surface area contributed by atoms with Gasteiger partial charge in [-0.05, 0) is 73.9 Å². The first-order valence-corrected chi connectivity index (χ1v) is 14.9. The predicted octanol–water partition coefficient (Wildman–Crippen LogP) is 5.11. The summed E-state index contributed by atoms with van der Waals surface area (Å²) in [7, 11) is -3.31. The van der Waals surface area contributed by atoms with Gasteiger partial charge in [-0.25, -0.2) is 18.2 Å². The molecule has 1 aromatic heterocycles. The summed E-state index contributed by atoms with van der Waals surface area (Å²) in [5, 5.41) is 12.5. The largest absolute Gasteiger partial charge is 0.478 e. The molecule has 2 fully saturated rings. The number of ether oxygens (including phenoxy) is 2. The van der Waals surface area contributed by atoms with E-state index >= 15 is 0 Å². The quantitative estimate of drug-likeness (QED) is 0.352. The third-order valence-electron chi connectivity index (χ3n) is 6.81. The Hall–Kier alpha value is -3.28. The summed E-state index contributed by atoms with van der Waals surface area (Å²) in [4.78, 5) is 29.2. The summed E-state index contributed by atoms with van der Waals surface area (Å²) < 4.78 is 36.4. The highest BCUT2D eigenvalue weighted by Gasteiger charge is 2.37. The Morgan fingerprint density at radius 2 is 1.84 bits per heavy atom. The molecule has 9 nitrogen and oxygen atoms in total. The summed E-state index contributed by atoms with van der Waals surface area (Å²) in [6.45, 7) is 1.32. The standard InChI is InChI=1S/C27H28N2O7S2/c30-25(29-27-28-16-24(37-27)36-20-3-1-2-19(15-20)26(31)32)23(14-17-10-12-35-13-11-17)18-4-6-21(7-5-18)38(33,34)22-8-9-22/h1-7,15-17,22-23H,8-14H2,(H,31,32)(H,28,29,30)/t23-/m1/s1. The fourth-order valence-electron chi connectivity index (χ4n) is 4.54. The van der Waals surface area contributed by atoms with Crippen molar-refractivity contribution in [3.05, 3.63) is 65.9 Å². The maximum atomic E-state index is 13.5. The number of benzene rings is 2. The number of nitrogens with zero attached hydrogens (tertiary/aromatic N) is 1. The Balaban J connectivity index is 1.31. The number of hydrogen-bond acceptors (Lipinski definition) is 8. The van der Waals surface area contributed by atoms with Crippen molar-refractivity contribution in [2.75, 3.05) is 18.5 Å². The number of carbonyl (C=O) groups is 2. The van der Waals surface area contributed by atoms with E-state index in [9.17, 15) is 23.1 Å². The van der Waals surface area contributed by atoms with Crippen molar-refractivity contribution in [3.8, 4) is 10.8 Å². The first-order chi connectivity index (χ1) is 18.3. The van der Waals surface area contributed by atoms with Crippen molar-refractivity contribution in [2.45, 2.75) is 48.2 Å². The molecule has 2 heterocycles. The van der Waals surface area contributed by atoms with Crippen LogP contribution in [-0.4, -0.2) is 48.8 Å². The van der Waals surface area contributed by atoms with Crippen LogP contribution in [0.5, 0.6) is 10.8 Å². The van der Waals surface area contributed by atoms with Gasteiger partial charge in [-0.3, -0.25) is 4.79 Å². The summed E-state index contributed by atoms with van der Waals surface area (Å²) >= 11 is 1.13. The number of thiazole rings is 1. The minimum Gasteiger partial charge on any atom is -0.478 e. The SMILES string of the molecule is O=C(O)c1cccc(Oc2cnc(NC(=O)[C@H](CC3CCOCC3)c3ccc(S(=O)(=O)C4CC4)cc3)s2)c1. The highest BCUT2D eigenvalue weighted by atomic mass is 32.2. The summed E-state index contributed by atoms with van der Waals surface area (Å²) in [6, 6.07) is 12.8. The van der Waals surface area contributed by atoms with Crippen molar-refractivity contribution in [1.29, 1.82) is 0 Å². The first-order valence-electron chi connectivity index (χ1n) is 12.5. The molecule has 1 saturated carbocycles. The Morgan fingerprint density at radius 1 is 1.11 bits per heavy atom. The lowest BCUT2D eigenvalue weighted by Crippen LogP contribution is -2.26. The van der Waals surface area contributed by atoms with E-state index in [1.54, 1.807) is 36.4 Å². The molecule has 2 aromatic carbocycles. The molecule has 200 valence electrons. The number of aromatic nitrogens is 1. The van der Waals surface area contributed by atoms with Crippen LogP contribution in [0.1, 0.15) is 53.9 Å². The number of rotatable bonds is 10. The third-order valence-corrected chi connectivity index (χ3v) is 9.88. The minimum atomic E-state index is -3.31. The molecule has 2 N–H and O–H groups in total. The van der Waals surface area contributed by atoms with Gasteiger partial charge in [0.15, 0.2) is 15.0 Å². The minimum absolute atomic E-state index is 0.104. The highest BCUT2D eigenvalue weighted by molar-refractivity contribution is 7.92. The number of carboxylic acid groups (broad SMARTS) is 1. The monoisotopic (exact) mass is 556 g/mol. The highest BCUT2D eigenvalue weighted by Crippen LogP contribution is 2.36. The van der Waals surface area contributed by atoms with E-state index < -0.39 is 21.7 Å². The van der Waals surface area contributed by atoms with Crippen molar-refractivity contribution in [3.63, 3.8) is 0 Å².